The third kappa shape index (κ3) is 3.39. The van der Waals surface area contributed by atoms with Crippen LogP contribution in [0.2, 0.25) is 5.02 Å². The number of ether oxygens (including phenoxy) is 2. The van der Waals surface area contributed by atoms with Crippen molar-refractivity contribution in [1.29, 1.82) is 0 Å². The van der Waals surface area contributed by atoms with Crippen LogP contribution in [0.25, 0.3) is 11.6 Å². The average Bonchev–Trinajstić information content (AvgIpc) is 3.16. The third-order valence-electron chi connectivity index (χ3n) is 4.76. The molecule has 0 spiro atoms. The molecule has 7 nitrogen and oxygen atoms in total. The molecule has 0 radical (unpaired) electrons. The lowest BCUT2D eigenvalue weighted by Crippen LogP contribution is -2.30. The highest BCUT2D eigenvalue weighted by atomic mass is 35.5. The summed E-state index contributed by atoms with van der Waals surface area (Å²) in [6, 6.07) is 5.20. The topological polar surface area (TPSA) is 83.7 Å². The number of aromatic amines is 1. The second-order valence-corrected chi connectivity index (χ2v) is 7.21. The van der Waals surface area contributed by atoms with Crippen LogP contribution in [0.5, 0.6) is 5.75 Å². The summed E-state index contributed by atoms with van der Waals surface area (Å²) in [6.07, 6.45) is 1.70. The van der Waals surface area contributed by atoms with E-state index in [1.54, 1.807) is 36.2 Å². The molecule has 3 heterocycles. The fourth-order valence-corrected chi connectivity index (χ4v) is 3.53. The Balaban J connectivity index is 1.85. The van der Waals surface area contributed by atoms with Gasteiger partial charge in [-0.25, -0.2) is 0 Å². The van der Waals surface area contributed by atoms with Crippen molar-refractivity contribution < 1.29 is 19.1 Å². The van der Waals surface area contributed by atoms with Crippen molar-refractivity contribution >= 4 is 40.8 Å². The number of nitrogens with zero attached hydrogens (tertiary/aromatic N) is 1. The summed E-state index contributed by atoms with van der Waals surface area (Å²) in [5.74, 6) is 0.0913. The normalized spacial score (nSPS) is 19.1. The van der Waals surface area contributed by atoms with Crippen LogP contribution >= 0.6 is 11.6 Å². The first-order valence-electron chi connectivity index (χ1n) is 8.96. The van der Waals surface area contributed by atoms with E-state index in [0.717, 1.165) is 5.69 Å². The van der Waals surface area contributed by atoms with Gasteiger partial charge in [0.15, 0.2) is 0 Å². The van der Waals surface area contributed by atoms with Gasteiger partial charge in [-0.05, 0) is 31.2 Å². The number of carbonyl (C=O) groups is 2. The summed E-state index contributed by atoms with van der Waals surface area (Å²) in [5.41, 5.74) is 3.66. The highest BCUT2D eigenvalue weighted by molar-refractivity contribution is 6.37. The van der Waals surface area contributed by atoms with Gasteiger partial charge in [-0.3, -0.25) is 9.59 Å². The fourth-order valence-electron chi connectivity index (χ4n) is 3.31. The predicted molar refractivity (Wildman–Crippen MR) is 107 cm³/mol. The molecule has 0 unspecified atom stereocenters. The molecule has 146 valence electrons. The van der Waals surface area contributed by atoms with E-state index in [-0.39, 0.29) is 11.8 Å². The molecule has 2 bridgehead atoms. The fraction of sp³-hybridized carbons (Fsp3) is 0.300. The van der Waals surface area contributed by atoms with E-state index in [4.69, 9.17) is 21.1 Å². The van der Waals surface area contributed by atoms with E-state index in [0.29, 0.717) is 65.2 Å². The second-order valence-electron chi connectivity index (χ2n) is 6.81. The minimum absolute atomic E-state index is 0.138. The monoisotopic (exact) mass is 401 g/mol. The molecule has 0 saturated carbocycles. The molecule has 1 aromatic heterocycles. The molecule has 2 N–H and O–H groups in total. The van der Waals surface area contributed by atoms with Crippen LogP contribution in [0.1, 0.15) is 27.3 Å². The number of halogens is 1. The minimum Gasteiger partial charge on any atom is -0.490 e. The highest BCUT2D eigenvalue weighted by Crippen LogP contribution is 2.40. The molecule has 0 atom stereocenters. The first-order valence-corrected chi connectivity index (χ1v) is 9.34. The van der Waals surface area contributed by atoms with Crippen LogP contribution in [0.15, 0.2) is 18.2 Å². The van der Waals surface area contributed by atoms with Crippen molar-refractivity contribution in [2.24, 2.45) is 0 Å². The molecular weight excluding hydrogens is 382 g/mol. The number of rotatable bonds is 0. The van der Waals surface area contributed by atoms with Gasteiger partial charge in [-0.15, -0.1) is 0 Å². The molecule has 0 fully saturated rings. The third-order valence-corrected chi connectivity index (χ3v) is 5.06. The molecule has 0 saturated heterocycles. The Labute approximate surface area is 167 Å². The van der Waals surface area contributed by atoms with Gasteiger partial charge in [0, 0.05) is 24.8 Å². The van der Waals surface area contributed by atoms with Crippen LogP contribution in [-0.2, 0) is 9.53 Å². The van der Waals surface area contributed by atoms with Gasteiger partial charge < -0.3 is 24.7 Å². The summed E-state index contributed by atoms with van der Waals surface area (Å²) >= 11 is 6.29. The molecule has 2 aliphatic heterocycles. The van der Waals surface area contributed by atoms with Crippen LogP contribution in [0, 0.1) is 6.92 Å². The number of hydrogen-bond acceptors (Lipinski definition) is 4. The lowest BCUT2D eigenvalue weighted by atomic mass is 10.0. The van der Waals surface area contributed by atoms with E-state index in [9.17, 15) is 9.59 Å². The number of aryl methyl sites for hydroxylation is 1. The summed E-state index contributed by atoms with van der Waals surface area (Å²) in [5, 5.41) is 3.22. The van der Waals surface area contributed by atoms with Crippen molar-refractivity contribution in [1.82, 2.24) is 9.88 Å². The number of nitrogens with one attached hydrogen (secondary N) is 2. The maximum absolute atomic E-state index is 12.9. The Morgan fingerprint density at radius 1 is 1.11 bits per heavy atom. The van der Waals surface area contributed by atoms with Crippen LogP contribution in [-0.4, -0.2) is 55.1 Å². The smallest absolute Gasteiger partial charge is 0.256 e. The molecular formula is C20H20ClN3O4. The van der Waals surface area contributed by atoms with Gasteiger partial charge in [0.05, 0.1) is 40.8 Å². The number of amides is 2. The van der Waals surface area contributed by atoms with Crippen molar-refractivity contribution in [3.8, 4) is 5.75 Å². The van der Waals surface area contributed by atoms with Crippen molar-refractivity contribution in [3.05, 3.63) is 45.7 Å². The average molecular weight is 402 g/mol. The van der Waals surface area contributed by atoms with Crippen LogP contribution < -0.4 is 10.1 Å². The largest absolute Gasteiger partial charge is 0.490 e. The molecule has 1 aromatic carbocycles. The SMILES string of the molecule is Cc1cc2c([nH]1)/C=C1\C(=O)Nc3cc(Cl)c(cc31)OCCOCCN(C)C2=O. The molecule has 2 aliphatic rings. The number of hydrogen-bond donors (Lipinski definition) is 2. The summed E-state index contributed by atoms with van der Waals surface area (Å²) in [6.45, 7) is 3.39. The van der Waals surface area contributed by atoms with Crippen LogP contribution in [0.3, 0.4) is 0 Å². The van der Waals surface area contributed by atoms with E-state index in [1.807, 2.05) is 6.92 Å². The molecule has 0 aliphatic carbocycles. The first-order chi connectivity index (χ1) is 13.4. The molecule has 8 heteroatoms. The maximum atomic E-state index is 12.9. The summed E-state index contributed by atoms with van der Waals surface area (Å²) < 4.78 is 11.3. The van der Waals surface area contributed by atoms with Crippen molar-refractivity contribution in [2.75, 3.05) is 38.7 Å². The van der Waals surface area contributed by atoms with Gasteiger partial charge >= 0.3 is 0 Å². The lowest BCUT2D eigenvalue weighted by Gasteiger charge is -2.17. The minimum atomic E-state index is -0.255. The quantitative estimate of drug-likeness (QED) is 0.711. The summed E-state index contributed by atoms with van der Waals surface area (Å²) in [4.78, 5) is 30.2. The number of carbonyl (C=O) groups excluding carboxylic acids is 2. The number of H-pyrrole nitrogens is 1. The molecule has 4 rings (SSSR count). The Morgan fingerprint density at radius 2 is 1.93 bits per heavy atom. The van der Waals surface area contributed by atoms with Gasteiger partial charge in [0.2, 0.25) is 0 Å². The van der Waals surface area contributed by atoms with Gasteiger partial charge in [-0.2, -0.15) is 0 Å². The standard InChI is InChI=1S/C20H20ClN3O4/c1-11-7-14-16(22-11)8-13-12-9-18(15(21)10-17(12)23-19(13)25)28-6-5-27-4-3-24(2)20(14)26/h7-10,22H,3-6H2,1-2H3,(H,23,25)/b13-8-. The molecule has 2 aromatic rings. The maximum Gasteiger partial charge on any atom is 0.256 e. The Bertz CT molecular complexity index is 996. The van der Waals surface area contributed by atoms with Gasteiger partial charge in [0.25, 0.3) is 11.8 Å². The zero-order valence-electron chi connectivity index (χ0n) is 15.6. The lowest BCUT2D eigenvalue weighted by molar-refractivity contribution is -0.110. The second kappa shape index (κ2) is 7.33. The number of likely N-dealkylation sites (N-methyl/N-ethyl adjacent to an activating group) is 1. The zero-order valence-corrected chi connectivity index (χ0v) is 16.4. The predicted octanol–water partition coefficient (Wildman–Crippen LogP) is 2.95. The Hall–Kier alpha value is -2.77. The van der Waals surface area contributed by atoms with Crippen molar-refractivity contribution in [3.63, 3.8) is 0 Å². The van der Waals surface area contributed by atoms with Crippen LogP contribution in [0.4, 0.5) is 5.69 Å². The van der Waals surface area contributed by atoms with Crippen molar-refractivity contribution in [2.45, 2.75) is 6.92 Å². The molecule has 2 amide bonds. The Morgan fingerprint density at radius 3 is 2.75 bits per heavy atom. The summed E-state index contributed by atoms with van der Waals surface area (Å²) in [7, 11) is 1.72. The van der Waals surface area contributed by atoms with Gasteiger partial charge in [-0.1, -0.05) is 11.6 Å². The first kappa shape index (κ1) is 18.6. The van der Waals surface area contributed by atoms with E-state index >= 15 is 0 Å². The number of fused-ring (bicyclic) bond motifs is 2. The Kier molecular flexibility index (Phi) is 4.87. The highest BCUT2D eigenvalue weighted by Gasteiger charge is 2.27. The van der Waals surface area contributed by atoms with E-state index in [1.165, 1.54) is 0 Å². The number of aromatic nitrogens is 1. The van der Waals surface area contributed by atoms with E-state index in [2.05, 4.69) is 10.3 Å². The van der Waals surface area contributed by atoms with Gasteiger partial charge in [0.1, 0.15) is 12.4 Å². The van der Waals surface area contributed by atoms with E-state index < -0.39 is 0 Å². The zero-order chi connectivity index (χ0) is 19.8. The number of anilines is 1. The number of benzene rings is 1. The molecule has 28 heavy (non-hydrogen) atoms.